The second-order valence-corrected chi connectivity index (χ2v) is 10.3. The topological polar surface area (TPSA) is 78.3 Å². The molecular formula is C27H34N4O4S. The Morgan fingerprint density at radius 3 is 2.53 bits per heavy atom. The Labute approximate surface area is 216 Å². The molecule has 0 saturated carbocycles. The smallest absolute Gasteiger partial charge is 0.291 e. The van der Waals surface area contributed by atoms with Gasteiger partial charge in [0.1, 0.15) is 5.75 Å². The molecule has 4 rings (SSSR count). The van der Waals surface area contributed by atoms with Crippen LogP contribution in [0.5, 0.6) is 5.75 Å². The normalized spacial score (nSPS) is 14.2. The van der Waals surface area contributed by atoms with E-state index >= 15 is 0 Å². The van der Waals surface area contributed by atoms with Gasteiger partial charge in [-0.25, -0.2) is 0 Å². The number of fused-ring (bicyclic) bond motifs is 1. The SMILES string of the molecule is CCSCCN(C)c1ccc(NC(=O)c2cc(=O)c3cc(OC)cc(N4CCN(C)CC4)c3o2)cc1. The number of carbonyl (C=O) groups excluding carboxylic acids is 1. The molecule has 3 aromatic rings. The third kappa shape index (κ3) is 5.96. The number of methoxy groups -OCH3 is 1. The summed E-state index contributed by atoms with van der Waals surface area (Å²) in [6.45, 7) is 6.47. The standard InChI is InChI=1S/C27H34N4O4S/c1-5-36-15-14-30(3)20-8-6-19(7-9-20)28-27(33)25-18-24(32)22-16-21(34-4)17-23(26(22)35-25)31-12-10-29(2)11-13-31/h6-9,16-18H,5,10-15H2,1-4H3,(H,28,33). The monoisotopic (exact) mass is 510 g/mol. The van der Waals surface area contributed by atoms with Crippen LogP contribution in [0.3, 0.4) is 0 Å². The maximum absolute atomic E-state index is 13.1. The molecule has 0 unspecified atom stereocenters. The summed E-state index contributed by atoms with van der Waals surface area (Å²) in [4.78, 5) is 32.7. The number of amides is 1. The fourth-order valence-electron chi connectivity index (χ4n) is 4.19. The Morgan fingerprint density at radius 2 is 1.86 bits per heavy atom. The van der Waals surface area contributed by atoms with Gasteiger partial charge in [0, 0.05) is 69.0 Å². The van der Waals surface area contributed by atoms with Gasteiger partial charge in [0.15, 0.2) is 16.8 Å². The summed E-state index contributed by atoms with van der Waals surface area (Å²) in [5, 5.41) is 3.25. The molecule has 2 heterocycles. The van der Waals surface area contributed by atoms with E-state index in [0.717, 1.165) is 55.6 Å². The van der Waals surface area contributed by atoms with Crippen molar-refractivity contribution in [1.82, 2.24) is 4.90 Å². The van der Waals surface area contributed by atoms with Crippen LogP contribution in [-0.4, -0.2) is 76.2 Å². The molecule has 1 aromatic heterocycles. The van der Waals surface area contributed by atoms with Crippen molar-refractivity contribution in [2.24, 2.45) is 0 Å². The van der Waals surface area contributed by atoms with E-state index in [1.165, 1.54) is 6.07 Å². The Kier molecular flexibility index (Phi) is 8.43. The van der Waals surface area contributed by atoms with E-state index in [-0.39, 0.29) is 11.2 Å². The molecule has 1 N–H and O–H groups in total. The molecule has 0 bridgehead atoms. The number of likely N-dealkylation sites (N-methyl/N-ethyl adjacent to an activating group) is 1. The first-order valence-corrected chi connectivity index (χ1v) is 13.3. The largest absolute Gasteiger partial charge is 0.497 e. The number of benzene rings is 2. The molecule has 36 heavy (non-hydrogen) atoms. The van der Waals surface area contributed by atoms with E-state index in [0.29, 0.717) is 22.4 Å². The number of nitrogens with one attached hydrogen (secondary N) is 1. The fraction of sp³-hybridized carbons (Fsp3) is 0.407. The number of piperazine rings is 1. The Bertz CT molecular complexity index is 1250. The molecule has 2 aromatic carbocycles. The van der Waals surface area contributed by atoms with Gasteiger partial charge in [0.2, 0.25) is 0 Å². The Balaban J connectivity index is 1.57. The molecule has 1 fully saturated rings. The summed E-state index contributed by atoms with van der Waals surface area (Å²) in [7, 11) is 5.71. The van der Waals surface area contributed by atoms with Gasteiger partial charge in [0.05, 0.1) is 18.2 Å². The van der Waals surface area contributed by atoms with Gasteiger partial charge in [-0.15, -0.1) is 0 Å². The number of anilines is 3. The highest BCUT2D eigenvalue weighted by molar-refractivity contribution is 7.99. The zero-order valence-corrected chi connectivity index (χ0v) is 22.2. The van der Waals surface area contributed by atoms with Crippen molar-refractivity contribution in [3.63, 3.8) is 0 Å². The van der Waals surface area contributed by atoms with Crippen LogP contribution in [0.4, 0.5) is 17.1 Å². The number of carbonyl (C=O) groups is 1. The Hall–Kier alpha value is -3.17. The van der Waals surface area contributed by atoms with Crippen molar-refractivity contribution in [3.8, 4) is 5.75 Å². The molecule has 8 nitrogen and oxygen atoms in total. The maximum atomic E-state index is 13.1. The molecule has 0 radical (unpaired) electrons. The van der Waals surface area contributed by atoms with Crippen LogP contribution >= 0.6 is 11.8 Å². The average molecular weight is 511 g/mol. The highest BCUT2D eigenvalue weighted by Crippen LogP contribution is 2.32. The van der Waals surface area contributed by atoms with Gasteiger partial charge in [-0.3, -0.25) is 9.59 Å². The molecule has 1 aliphatic heterocycles. The minimum absolute atomic E-state index is 0.0224. The molecule has 0 atom stereocenters. The molecule has 1 aliphatic rings. The van der Waals surface area contributed by atoms with Crippen molar-refractivity contribution in [1.29, 1.82) is 0 Å². The summed E-state index contributed by atoms with van der Waals surface area (Å²) in [5.41, 5.74) is 2.60. The zero-order valence-electron chi connectivity index (χ0n) is 21.4. The Morgan fingerprint density at radius 1 is 1.14 bits per heavy atom. The molecule has 0 spiro atoms. The molecule has 0 aliphatic carbocycles. The second kappa shape index (κ2) is 11.7. The molecule has 1 saturated heterocycles. The van der Waals surface area contributed by atoms with Gasteiger partial charge < -0.3 is 29.2 Å². The second-order valence-electron chi connectivity index (χ2n) is 8.91. The molecule has 9 heteroatoms. The van der Waals surface area contributed by atoms with Crippen molar-refractivity contribution in [3.05, 3.63) is 58.4 Å². The van der Waals surface area contributed by atoms with E-state index in [9.17, 15) is 9.59 Å². The predicted molar refractivity (Wildman–Crippen MR) is 149 cm³/mol. The lowest BCUT2D eigenvalue weighted by molar-refractivity contribution is 0.0997. The van der Waals surface area contributed by atoms with Crippen LogP contribution in [0.1, 0.15) is 17.5 Å². The highest BCUT2D eigenvalue weighted by atomic mass is 32.2. The third-order valence-corrected chi connectivity index (χ3v) is 7.31. The molecule has 1 amide bonds. The maximum Gasteiger partial charge on any atom is 0.291 e. The van der Waals surface area contributed by atoms with Crippen molar-refractivity contribution >= 4 is 45.7 Å². The van der Waals surface area contributed by atoms with E-state index in [2.05, 4.69) is 41.0 Å². The summed E-state index contributed by atoms with van der Waals surface area (Å²) in [6, 6.07) is 12.4. The highest BCUT2D eigenvalue weighted by Gasteiger charge is 2.22. The summed E-state index contributed by atoms with van der Waals surface area (Å²) < 4.78 is 11.5. The first-order chi connectivity index (χ1) is 17.4. The first kappa shape index (κ1) is 25.9. The van der Waals surface area contributed by atoms with Crippen molar-refractivity contribution in [2.45, 2.75) is 6.92 Å². The van der Waals surface area contributed by atoms with Crippen molar-refractivity contribution < 1.29 is 13.9 Å². The lowest BCUT2D eigenvalue weighted by Crippen LogP contribution is -2.44. The lowest BCUT2D eigenvalue weighted by Gasteiger charge is -2.34. The average Bonchev–Trinajstić information content (AvgIpc) is 2.89. The van der Waals surface area contributed by atoms with Crippen LogP contribution in [0, 0.1) is 0 Å². The summed E-state index contributed by atoms with van der Waals surface area (Å²) in [6.07, 6.45) is 0. The number of hydrogen-bond acceptors (Lipinski definition) is 8. The lowest BCUT2D eigenvalue weighted by atomic mass is 10.1. The van der Waals surface area contributed by atoms with Crippen LogP contribution in [0.25, 0.3) is 11.0 Å². The number of nitrogens with zero attached hydrogens (tertiary/aromatic N) is 3. The van der Waals surface area contributed by atoms with Gasteiger partial charge in [-0.05, 0) is 43.1 Å². The molecular weight excluding hydrogens is 476 g/mol. The van der Waals surface area contributed by atoms with Crippen LogP contribution < -0.4 is 25.3 Å². The third-order valence-electron chi connectivity index (χ3n) is 6.43. The number of rotatable bonds is 9. The minimum Gasteiger partial charge on any atom is -0.497 e. The number of hydrogen-bond donors (Lipinski definition) is 1. The summed E-state index contributed by atoms with van der Waals surface area (Å²) in [5.74, 6) is 2.27. The first-order valence-electron chi connectivity index (χ1n) is 12.2. The number of thioether (sulfide) groups is 1. The van der Waals surface area contributed by atoms with E-state index in [4.69, 9.17) is 9.15 Å². The molecule has 192 valence electrons. The predicted octanol–water partition coefficient (Wildman–Crippen LogP) is 4.00. The fourth-order valence-corrected chi connectivity index (χ4v) is 4.88. The van der Waals surface area contributed by atoms with E-state index in [1.54, 1.807) is 13.2 Å². The number of ether oxygens (including phenoxy) is 1. The van der Waals surface area contributed by atoms with Crippen molar-refractivity contribution in [2.75, 3.05) is 80.6 Å². The zero-order chi connectivity index (χ0) is 25.7. The van der Waals surface area contributed by atoms with Gasteiger partial charge >= 0.3 is 0 Å². The van der Waals surface area contributed by atoms with Gasteiger partial charge in [-0.1, -0.05) is 6.92 Å². The van der Waals surface area contributed by atoms with Crippen LogP contribution in [-0.2, 0) is 0 Å². The summed E-state index contributed by atoms with van der Waals surface area (Å²) >= 11 is 1.91. The van der Waals surface area contributed by atoms with Crippen LogP contribution in [0.2, 0.25) is 0 Å². The van der Waals surface area contributed by atoms with Crippen LogP contribution in [0.15, 0.2) is 51.7 Å². The van der Waals surface area contributed by atoms with Gasteiger partial charge in [-0.2, -0.15) is 11.8 Å². The van der Waals surface area contributed by atoms with E-state index < -0.39 is 5.91 Å². The van der Waals surface area contributed by atoms with E-state index in [1.807, 2.05) is 42.1 Å². The minimum atomic E-state index is -0.463. The quantitative estimate of drug-likeness (QED) is 0.433. The van der Waals surface area contributed by atoms with Gasteiger partial charge in [0.25, 0.3) is 5.91 Å².